The smallest absolute Gasteiger partial charge is 0.231 e. The van der Waals surface area contributed by atoms with Gasteiger partial charge in [0.1, 0.15) is 24.0 Å². The molecule has 2 heterocycles. The first-order chi connectivity index (χ1) is 12.8. The second-order valence-electron chi connectivity index (χ2n) is 6.04. The summed E-state index contributed by atoms with van der Waals surface area (Å²) in [6.45, 7) is 0.790. The van der Waals surface area contributed by atoms with Crippen LogP contribution in [0.15, 0.2) is 72.9 Å². The molecular weight excluding hydrogens is 328 g/mol. The zero-order valence-electron chi connectivity index (χ0n) is 14.1. The molecule has 3 aromatic rings. The Bertz CT molecular complexity index is 895. The van der Waals surface area contributed by atoms with Crippen LogP contribution in [0.2, 0.25) is 0 Å². The molecule has 4 rings (SSSR count). The van der Waals surface area contributed by atoms with Crippen molar-refractivity contribution in [2.75, 3.05) is 6.61 Å². The molecule has 0 radical (unpaired) electrons. The number of hydrogen-bond acceptors (Lipinski definition) is 4. The Hall–Kier alpha value is -3.34. The van der Waals surface area contributed by atoms with E-state index in [1.165, 1.54) is 0 Å². The van der Waals surface area contributed by atoms with E-state index in [0.717, 1.165) is 22.6 Å². The van der Waals surface area contributed by atoms with Crippen LogP contribution in [0.1, 0.15) is 17.0 Å². The number of benzene rings is 2. The highest BCUT2D eigenvalue weighted by molar-refractivity contribution is 5.85. The van der Waals surface area contributed by atoms with Crippen molar-refractivity contribution in [3.05, 3.63) is 84.1 Å². The van der Waals surface area contributed by atoms with Gasteiger partial charge in [0.25, 0.3) is 0 Å². The van der Waals surface area contributed by atoms with Gasteiger partial charge >= 0.3 is 0 Å². The minimum atomic E-state index is -0.306. The highest BCUT2D eigenvalue weighted by Crippen LogP contribution is 2.31. The van der Waals surface area contributed by atoms with E-state index in [9.17, 15) is 4.79 Å². The maximum absolute atomic E-state index is 12.4. The number of hydrogen-bond donors (Lipinski definition) is 1. The first kappa shape index (κ1) is 16.1. The summed E-state index contributed by atoms with van der Waals surface area (Å²) in [7, 11) is 0. The van der Waals surface area contributed by atoms with Crippen molar-refractivity contribution >= 4 is 5.91 Å². The van der Waals surface area contributed by atoms with Crippen molar-refractivity contribution in [3.8, 4) is 17.4 Å². The molecule has 5 nitrogen and oxygen atoms in total. The standard InChI is InChI=1S/C21H18N2O3/c24-20(19-14-25-21-18(19)7-4-12-22-21)23-13-15-8-10-17(11-9-15)26-16-5-2-1-3-6-16/h1-12,19H,13-14H2,(H,23,24). The van der Waals surface area contributed by atoms with Crippen molar-refractivity contribution < 1.29 is 14.3 Å². The number of aromatic nitrogens is 1. The van der Waals surface area contributed by atoms with Crippen molar-refractivity contribution in [2.45, 2.75) is 12.5 Å². The quantitative estimate of drug-likeness (QED) is 0.766. The summed E-state index contributed by atoms with van der Waals surface area (Å²) in [4.78, 5) is 16.6. The third kappa shape index (κ3) is 3.52. The molecule has 0 saturated heterocycles. The zero-order chi connectivity index (χ0) is 17.8. The van der Waals surface area contributed by atoms with Gasteiger partial charge in [-0.05, 0) is 35.9 Å². The van der Waals surface area contributed by atoms with Crippen molar-refractivity contribution in [3.63, 3.8) is 0 Å². The fourth-order valence-corrected chi connectivity index (χ4v) is 2.87. The Labute approximate surface area is 151 Å². The maximum Gasteiger partial charge on any atom is 0.231 e. The Morgan fingerprint density at radius 1 is 1.04 bits per heavy atom. The number of nitrogens with one attached hydrogen (secondary N) is 1. The summed E-state index contributed by atoms with van der Waals surface area (Å²) in [5.41, 5.74) is 1.85. The molecule has 0 bridgehead atoms. The monoisotopic (exact) mass is 346 g/mol. The van der Waals surface area contributed by atoms with Crippen LogP contribution < -0.4 is 14.8 Å². The van der Waals surface area contributed by atoms with Crippen LogP contribution in [0.25, 0.3) is 0 Å². The van der Waals surface area contributed by atoms with Crippen molar-refractivity contribution in [2.24, 2.45) is 0 Å². The Morgan fingerprint density at radius 3 is 2.62 bits per heavy atom. The molecule has 0 spiro atoms. The van der Waals surface area contributed by atoms with E-state index >= 15 is 0 Å². The second-order valence-corrected chi connectivity index (χ2v) is 6.04. The Morgan fingerprint density at radius 2 is 1.81 bits per heavy atom. The number of amides is 1. The van der Waals surface area contributed by atoms with Gasteiger partial charge in [0.05, 0.1) is 0 Å². The van der Waals surface area contributed by atoms with E-state index in [4.69, 9.17) is 9.47 Å². The molecule has 1 aliphatic rings. The summed E-state index contributed by atoms with van der Waals surface area (Å²) >= 11 is 0. The van der Waals surface area contributed by atoms with Gasteiger partial charge in [0, 0.05) is 18.3 Å². The van der Waals surface area contributed by atoms with Crippen LogP contribution in [0, 0.1) is 0 Å². The number of nitrogens with zero attached hydrogens (tertiary/aromatic N) is 1. The first-order valence-electron chi connectivity index (χ1n) is 8.47. The minimum Gasteiger partial charge on any atom is -0.476 e. The fraction of sp³-hybridized carbons (Fsp3) is 0.143. The molecule has 130 valence electrons. The number of ether oxygens (including phenoxy) is 2. The Balaban J connectivity index is 1.34. The van der Waals surface area contributed by atoms with Crippen molar-refractivity contribution in [1.82, 2.24) is 10.3 Å². The van der Waals surface area contributed by atoms with Crippen LogP contribution in [-0.4, -0.2) is 17.5 Å². The van der Waals surface area contributed by atoms with Gasteiger partial charge in [-0.2, -0.15) is 0 Å². The summed E-state index contributed by atoms with van der Waals surface area (Å²) in [5.74, 6) is 1.74. The second kappa shape index (κ2) is 7.27. The van der Waals surface area contributed by atoms with E-state index in [1.807, 2.05) is 66.7 Å². The van der Waals surface area contributed by atoms with E-state index < -0.39 is 0 Å². The van der Waals surface area contributed by atoms with Crippen molar-refractivity contribution in [1.29, 1.82) is 0 Å². The highest BCUT2D eigenvalue weighted by atomic mass is 16.5. The topological polar surface area (TPSA) is 60.5 Å². The molecule has 0 fully saturated rings. The SMILES string of the molecule is O=C(NCc1ccc(Oc2ccccc2)cc1)C1COc2ncccc21. The van der Waals surface area contributed by atoms with Crippen LogP contribution in [-0.2, 0) is 11.3 Å². The molecule has 1 amide bonds. The molecular formula is C21H18N2O3. The van der Waals surface area contributed by atoms with Crippen LogP contribution in [0.3, 0.4) is 0 Å². The maximum atomic E-state index is 12.4. The third-order valence-corrected chi connectivity index (χ3v) is 4.25. The van der Waals surface area contributed by atoms with E-state index in [1.54, 1.807) is 6.20 Å². The van der Waals surface area contributed by atoms with E-state index in [2.05, 4.69) is 10.3 Å². The average Bonchev–Trinajstić information content (AvgIpc) is 3.12. The predicted octanol–water partition coefficient (Wildman–Crippen LogP) is 3.67. The number of fused-ring (bicyclic) bond motifs is 1. The number of rotatable bonds is 5. The summed E-state index contributed by atoms with van der Waals surface area (Å²) in [6, 6.07) is 21.0. The Kier molecular flexibility index (Phi) is 4.51. The summed E-state index contributed by atoms with van der Waals surface area (Å²) < 4.78 is 11.2. The predicted molar refractivity (Wildman–Crippen MR) is 97.3 cm³/mol. The van der Waals surface area contributed by atoms with Gasteiger partial charge in [-0.25, -0.2) is 4.98 Å². The highest BCUT2D eigenvalue weighted by Gasteiger charge is 2.30. The lowest BCUT2D eigenvalue weighted by atomic mass is 10.0. The third-order valence-electron chi connectivity index (χ3n) is 4.25. The number of pyridine rings is 1. The van der Waals surface area contributed by atoms with Crippen LogP contribution in [0.4, 0.5) is 0 Å². The lowest BCUT2D eigenvalue weighted by molar-refractivity contribution is -0.122. The van der Waals surface area contributed by atoms with E-state index in [-0.39, 0.29) is 11.8 Å². The molecule has 26 heavy (non-hydrogen) atoms. The lowest BCUT2D eigenvalue weighted by Gasteiger charge is -2.11. The number of carbonyl (C=O) groups excluding carboxylic acids is 1. The van der Waals surface area contributed by atoms with Crippen LogP contribution in [0.5, 0.6) is 17.4 Å². The molecule has 1 unspecified atom stereocenters. The zero-order valence-corrected chi connectivity index (χ0v) is 14.1. The normalized spacial score (nSPS) is 15.0. The van der Waals surface area contributed by atoms with Gasteiger partial charge in [-0.3, -0.25) is 4.79 Å². The average molecular weight is 346 g/mol. The van der Waals surface area contributed by atoms with Crippen LogP contribution >= 0.6 is 0 Å². The molecule has 1 aromatic heterocycles. The fourth-order valence-electron chi connectivity index (χ4n) is 2.87. The molecule has 1 atom stereocenters. The lowest BCUT2D eigenvalue weighted by Crippen LogP contribution is -2.29. The number of para-hydroxylation sites is 1. The van der Waals surface area contributed by atoms with E-state index in [0.29, 0.717) is 19.0 Å². The van der Waals surface area contributed by atoms with Gasteiger partial charge in [0.15, 0.2) is 0 Å². The first-order valence-corrected chi connectivity index (χ1v) is 8.47. The molecule has 1 aliphatic heterocycles. The summed E-state index contributed by atoms with van der Waals surface area (Å²) in [6.07, 6.45) is 1.66. The molecule has 5 heteroatoms. The van der Waals surface area contributed by atoms with Gasteiger partial charge in [0.2, 0.25) is 11.8 Å². The van der Waals surface area contributed by atoms with Gasteiger partial charge in [-0.1, -0.05) is 36.4 Å². The largest absolute Gasteiger partial charge is 0.476 e. The molecule has 0 aliphatic carbocycles. The molecule has 0 saturated carbocycles. The van der Waals surface area contributed by atoms with Gasteiger partial charge in [-0.15, -0.1) is 0 Å². The number of carbonyl (C=O) groups is 1. The molecule has 2 aromatic carbocycles. The summed E-state index contributed by atoms with van der Waals surface area (Å²) in [5, 5.41) is 2.96. The minimum absolute atomic E-state index is 0.0543. The molecule has 1 N–H and O–H groups in total. The van der Waals surface area contributed by atoms with Gasteiger partial charge < -0.3 is 14.8 Å².